The molecule has 9 nitrogen and oxygen atoms in total. The van der Waals surface area contributed by atoms with Crippen LogP contribution in [0.3, 0.4) is 0 Å². The Bertz CT molecular complexity index is 1340. The van der Waals surface area contributed by atoms with E-state index in [9.17, 15) is 9.59 Å². The van der Waals surface area contributed by atoms with E-state index in [1.54, 1.807) is 38.5 Å². The molecule has 0 atom stereocenters. The van der Waals surface area contributed by atoms with E-state index in [4.69, 9.17) is 18.4 Å². The molecule has 0 bridgehead atoms. The fourth-order valence-corrected chi connectivity index (χ4v) is 3.48. The molecule has 0 aliphatic heterocycles. The van der Waals surface area contributed by atoms with Crippen molar-refractivity contribution in [2.45, 2.75) is 26.3 Å². The summed E-state index contributed by atoms with van der Waals surface area (Å²) in [6.07, 6.45) is 0.371. The van der Waals surface area contributed by atoms with Gasteiger partial charge in [-0.05, 0) is 55.3 Å². The minimum atomic E-state index is -0.456. The first-order chi connectivity index (χ1) is 16.0. The molecule has 0 saturated carbocycles. The van der Waals surface area contributed by atoms with Crippen LogP contribution in [0.1, 0.15) is 23.4 Å². The molecule has 0 radical (unpaired) electrons. The maximum Gasteiger partial charge on any atom is 0.339 e. The van der Waals surface area contributed by atoms with Crippen molar-refractivity contribution in [2.75, 3.05) is 14.2 Å². The van der Waals surface area contributed by atoms with Crippen molar-refractivity contribution in [3.8, 4) is 22.9 Å². The largest absolute Gasteiger partial charge is 0.497 e. The smallest absolute Gasteiger partial charge is 0.339 e. The zero-order chi connectivity index (χ0) is 23.4. The van der Waals surface area contributed by atoms with Crippen LogP contribution in [0.2, 0.25) is 0 Å². The van der Waals surface area contributed by atoms with Crippen LogP contribution in [0.15, 0.2) is 56.2 Å². The second-order valence-electron chi connectivity index (χ2n) is 7.37. The van der Waals surface area contributed by atoms with Gasteiger partial charge >= 0.3 is 5.63 Å². The minimum absolute atomic E-state index is 0.0904. The summed E-state index contributed by atoms with van der Waals surface area (Å²) in [6, 6.07) is 12.6. The van der Waals surface area contributed by atoms with Gasteiger partial charge in [-0.3, -0.25) is 4.79 Å². The van der Waals surface area contributed by atoms with E-state index in [0.29, 0.717) is 22.7 Å². The summed E-state index contributed by atoms with van der Waals surface area (Å²) in [6.45, 7) is 1.94. The highest BCUT2D eigenvalue weighted by Gasteiger charge is 2.15. The van der Waals surface area contributed by atoms with E-state index >= 15 is 0 Å². The second kappa shape index (κ2) is 9.56. The van der Waals surface area contributed by atoms with Gasteiger partial charge in [-0.25, -0.2) is 4.79 Å². The van der Waals surface area contributed by atoms with Gasteiger partial charge in [0.15, 0.2) is 0 Å². The van der Waals surface area contributed by atoms with Gasteiger partial charge in [0.1, 0.15) is 17.1 Å². The molecule has 170 valence electrons. The fraction of sp³-hybridized carbons (Fsp3) is 0.250. The summed E-state index contributed by atoms with van der Waals surface area (Å²) in [5.41, 5.74) is 2.03. The number of carbonyl (C=O) groups is 1. The lowest BCUT2D eigenvalue weighted by atomic mass is 10.0. The maximum atomic E-state index is 12.4. The maximum absolute atomic E-state index is 12.4. The number of carbonyl (C=O) groups excluding carboxylic acids is 1. The van der Waals surface area contributed by atoms with E-state index in [-0.39, 0.29) is 31.2 Å². The number of nitrogens with one attached hydrogen (secondary N) is 1. The summed E-state index contributed by atoms with van der Waals surface area (Å²) in [5.74, 6) is 1.79. The molecule has 0 aliphatic carbocycles. The zero-order valence-electron chi connectivity index (χ0n) is 18.5. The van der Waals surface area contributed by atoms with Gasteiger partial charge in [0.05, 0.1) is 20.8 Å². The van der Waals surface area contributed by atoms with Crippen LogP contribution in [0.5, 0.6) is 11.5 Å². The van der Waals surface area contributed by atoms with Gasteiger partial charge in [-0.15, -0.1) is 0 Å². The molecule has 1 N–H and O–H groups in total. The number of ether oxygens (including phenoxy) is 2. The Morgan fingerprint density at radius 1 is 1.06 bits per heavy atom. The van der Waals surface area contributed by atoms with Crippen molar-refractivity contribution in [3.63, 3.8) is 0 Å². The predicted molar refractivity (Wildman–Crippen MR) is 120 cm³/mol. The molecule has 9 heteroatoms. The number of methoxy groups -OCH3 is 2. The molecule has 0 spiro atoms. The predicted octanol–water partition coefficient (Wildman–Crippen LogP) is 3.42. The van der Waals surface area contributed by atoms with Crippen molar-refractivity contribution in [3.05, 3.63) is 69.9 Å². The second-order valence-corrected chi connectivity index (χ2v) is 7.37. The minimum Gasteiger partial charge on any atom is -0.497 e. The van der Waals surface area contributed by atoms with E-state index in [2.05, 4.69) is 15.5 Å². The monoisotopic (exact) mass is 449 g/mol. The summed E-state index contributed by atoms with van der Waals surface area (Å²) < 4.78 is 20.9. The molecule has 0 unspecified atom stereocenters. The number of hydrogen-bond donors (Lipinski definition) is 1. The van der Waals surface area contributed by atoms with Gasteiger partial charge in [-0.2, -0.15) is 4.98 Å². The number of fused-ring (bicyclic) bond motifs is 1. The van der Waals surface area contributed by atoms with Gasteiger partial charge in [0.2, 0.25) is 17.6 Å². The quantitative estimate of drug-likeness (QED) is 0.407. The van der Waals surface area contributed by atoms with Crippen molar-refractivity contribution in [1.82, 2.24) is 15.5 Å². The number of nitrogens with zero attached hydrogens (tertiary/aromatic N) is 2. The SMILES string of the molecule is COc1ccc(-c2noc(CNC(=O)CCc3c(C)c4ccc(OC)cc4oc3=O)n2)cc1. The van der Waals surface area contributed by atoms with Crippen LogP contribution in [-0.2, 0) is 17.8 Å². The first kappa shape index (κ1) is 22.1. The number of rotatable bonds is 8. The van der Waals surface area contributed by atoms with Gasteiger partial charge < -0.3 is 23.7 Å². The van der Waals surface area contributed by atoms with Gasteiger partial charge in [0.25, 0.3) is 0 Å². The Balaban J connectivity index is 1.36. The van der Waals surface area contributed by atoms with Crippen molar-refractivity contribution in [2.24, 2.45) is 0 Å². The number of aromatic nitrogens is 2. The third-order valence-corrected chi connectivity index (χ3v) is 5.35. The average Bonchev–Trinajstić information content (AvgIpc) is 3.31. The highest BCUT2D eigenvalue weighted by atomic mass is 16.5. The molecule has 0 saturated heterocycles. The Morgan fingerprint density at radius 3 is 2.52 bits per heavy atom. The molecule has 4 rings (SSSR count). The summed E-state index contributed by atoms with van der Waals surface area (Å²) >= 11 is 0. The third kappa shape index (κ3) is 4.87. The fourth-order valence-electron chi connectivity index (χ4n) is 3.48. The topological polar surface area (TPSA) is 117 Å². The molecule has 2 aromatic heterocycles. The van der Waals surface area contributed by atoms with Crippen molar-refractivity contribution < 1.29 is 23.2 Å². The molecule has 4 aromatic rings. The molecule has 33 heavy (non-hydrogen) atoms. The van der Waals surface area contributed by atoms with Gasteiger partial charge in [-0.1, -0.05) is 5.16 Å². The van der Waals surface area contributed by atoms with Crippen LogP contribution in [-0.4, -0.2) is 30.3 Å². The normalized spacial score (nSPS) is 10.9. The van der Waals surface area contributed by atoms with E-state index in [0.717, 1.165) is 22.3 Å². The molecule has 0 fully saturated rings. The standard InChI is InChI=1S/C24H23N3O6/c1-14-18-9-8-17(31-3)12-20(18)32-24(29)19(14)10-11-21(28)25-13-22-26-23(27-33-22)15-4-6-16(30-2)7-5-15/h4-9,12H,10-11,13H2,1-3H3,(H,25,28). The molecule has 1 amide bonds. The van der Waals surface area contributed by atoms with Gasteiger partial charge in [0, 0.05) is 29.0 Å². The summed E-state index contributed by atoms with van der Waals surface area (Å²) in [7, 11) is 3.14. The number of aryl methyl sites for hydroxylation is 1. The van der Waals surface area contributed by atoms with Crippen LogP contribution < -0.4 is 20.4 Å². The number of benzene rings is 2. The first-order valence-electron chi connectivity index (χ1n) is 10.3. The Labute approximate surface area is 189 Å². The Kier molecular flexibility index (Phi) is 6.39. The van der Waals surface area contributed by atoms with E-state index < -0.39 is 5.63 Å². The summed E-state index contributed by atoms with van der Waals surface area (Å²) in [4.78, 5) is 29.1. The highest BCUT2D eigenvalue weighted by molar-refractivity contribution is 5.82. The van der Waals surface area contributed by atoms with Crippen molar-refractivity contribution >= 4 is 16.9 Å². The zero-order valence-corrected chi connectivity index (χ0v) is 18.5. The Hall–Kier alpha value is -4.14. The third-order valence-electron chi connectivity index (χ3n) is 5.35. The molecule has 2 aromatic carbocycles. The number of amides is 1. The molecular formula is C24H23N3O6. The lowest BCUT2D eigenvalue weighted by Gasteiger charge is -2.09. The lowest BCUT2D eigenvalue weighted by Crippen LogP contribution is -2.24. The van der Waals surface area contributed by atoms with Crippen LogP contribution in [0.25, 0.3) is 22.4 Å². The Morgan fingerprint density at radius 2 is 1.79 bits per heavy atom. The lowest BCUT2D eigenvalue weighted by molar-refractivity contribution is -0.121. The molecular weight excluding hydrogens is 426 g/mol. The van der Waals surface area contributed by atoms with E-state index in [1.165, 1.54) is 0 Å². The highest BCUT2D eigenvalue weighted by Crippen LogP contribution is 2.24. The molecule has 0 aliphatic rings. The summed E-state index contributed by atoms with van der Waals surface area (Å²) in [5, 5.41) is 7.48. The van der Waals surface area contributed by atoms with Crippen molar-refractivity contribution in [1.29, 1.82) is 0 Å². The van der Waals surface area contributed by atoms with E-state index in [1.807, 2.05) is 25.1 Å². The first-order valence-corrected chi connectivity index (χ1v) is 10.3. The number of hydrogen-bond acceptors (Lipinski definition) is 8. The molecule has 2 heterocycles. The van der Waals surface area contributed by atoms with Crippen LogP contribution in [0, 0.1) is 6.92 Å². The van der Waals surface area contributed by atoms with Crippen LogP contribution >= 0.6 is 0 Å². The van der Waals surface area contributed by atoms with Crippen LogP contribution in [0.4, 0.5) is 0 Å². The average molecular weight is 449 g/mol.